The minimum atomic E-state index is -4.02. The second-order valence-electron chi connectivity index (χ2n) is 3.27. The molecule has 4 heteroatoms. The summed E-state index contributed by atoms with van der Waals surface area (Å²) in [6, 6.07) is 7.70. The lowest BCUT2D eigenvalue weighted by Crippen LogP contribution is -2.01. The van der Waals surface area contributed by atoms with Crippen molar-refractivity contribution in [3.8, 4) is 0 Å². The molecule has 1 rings (SSSR count). The lowest BCUT2D eigenvalue weighted by molar-refractivity contribution is 0.387. The van der Waals surface area contributed by atoms with E-state index >= 15 is 0 Å². The van der Waals surface area contributed by atoms with E-state index < -0.39 is 7.60 Å². The quantitative estimate of drug-likeness (QED) is 0.651. The number of hydrogen-bond donors (Lipinski definition) is 2. The highest BCUT2D eigenvalue weighted by Crippen LogP contribution is 2.32. The normalized spacial score (nSPS) is 9.11. The van der Waals surface area contributed by atoms with Gasteiger partial charge in [0.2, 0.25) is 0 Å². The summed E-state index contributed by atoms with van der Waals surface area (Å²) < 4.78 is 10.5. The van der Waals surface area contributed by atoms with Crippen LogP contribution < -0.4 is 5.30 Å². The van der Waals surface area contributed by atoms with Gasteiger partial charge in [-0.2, -0.15) is 0 Å². The first-order valence-electron chi connectivity index (χ1n) is 5.76. The van der Waals surface area contributed by atoms with Crippen molar-refractivity contribution in [1.29, 1.82) is 0 Å². The van der Waals surface area contributed by atoms with Crippen LogP contribution in [0.15, 0.2) is 55.6 Å². The van der Waals surface area contributed by atoms with Crippen molar-refractivity contribution in [3.05, 3.63) is 55.6 Å². The molecule has 102 valence electrons. The third-order valence-corrected chi connectivity index (χ3v) is 2.64. The van der Waals surface area contributed by atoms with Crippen molar-refractivity contribution in [2.24, 2.45) is 0 Å². The summed E-state index contributed by atoms with van der Waals surface area (Å²) in [5.41, 5.74) is 0. The lowest BCUT2D eigenvalue weighted by atomic mass is 10.4. The van der Waals surface area contributed by atoms with Crippen molar-refractivity contribution in [2.75, 3.05) is 0 Å². The minimum Gasteiger partial charge on any atom is -0.321 e. The van der Waals surface area contributed by atoms with Crippen molar-refractivity contribution in [1.82, 2.24) is 0 Å². The Morgan fingerprint density at radius 3 is 1.56 bits per heavy atom. The van der Waals surface area contributed by atoms with Crippen molar-refractivity contribution in [3.63, 3.8) is 0 Å². The molecule has 0 heterocycles. The summed E-state index contributed by atoms with van der Waals surface area (Å²) >= 11 is 0. The molecule has 1 aromatic rings. The van der Waals surface area contributed by atoms with Crippen LogP contribution in [-0.4, -0.2) is 9.79 Å². The van der Waals surface area contributed by atoms with Crippen molar-refractivity contribution < 1.29 is 14.4 Å². The summed E-state index contributed by atoms with van der Waals surface area (Å²) in [5, 5.41) is 0.0648. The van der Waals surface area contributed by atoms with Gasteiger partial charge in [-0.05, 0) is 25.0 Å². The maximum absolute atomic E-state index is 10.5. The highest BCUT2D eigenvalue weighted by Gasteiger charge is 2.14. The van der Waals surface area contributed by atoms with Crippen LogP contribution in [0.25, 0.3) is 0 Å². The Morgan fingerprint density at radius 1 is 1.06 bits per heavy atom. The van der Waals surface area contributed by atoms with Gasteiger partial charge in [0, 0.05) is 0 Å². The van der Waals surface area contributed by atoms with Crippen molar-refractivity contribution in [2.45, 2.75) is 26.7 Å². The summed E-state index contributed by atoms with van der Waals surface area (Å²) in [4.78, 5) is 17.2. The largest absolute Gasteiger partial charge is 0.356 e. The SMILES string of the molecule is C=CCC.C=CCC.O=P(O)(O)c1ccccc1. The van der Waals surface area contributed by atoms with Gasteiger partial charge in [-0.25, -0.2) is 0 Å². The molecule has 0 bridgehead atoms. The number of allylic oxidation sites excluding steroid dienone is 2. The Balaban J connectivity index is 0. The first-order chi connectivity index (χ1) is 8.43. The molecule has 0 spiro atoms. The molecular formula is C14H23O3P. The fraction of sp³-hybridized carbons (Fsp3) is 0.286. The van der Waals surface area contributed by atoms with Crippen LogP contribution in [-0.2, 0) is 4.57 Å². The van der Waals surface area contributed by atoms with E-state index in [1.54, 1.807) is 18.2 Å². The van der Waals surface area contributed by atoms with Crippen LogP contribution in [0.5, 0.6) is 0 Å². The molecule has 0 unspecified atom stereocenters. The van der Waals surface area contributed by atoms with Gasteiger partial charge in [0.25, 0.3) is 0 Å². The van der Waals surface area contributed by atoms with E-state index in [1.807, 2.05) is 12.2 Å². The van der Waals surface area contributed by atoms with Crippen LogP contribution >= 0.6 is 7.60 Å². The van der Waals surface area contributed by atoms with Crippen molar-refractivity contribution >= 4 is 12.9 Å². The third kappa shape index (κ3) is 12.9. The molecule has 0 saturated carbocycles. The molecule has 1 aromatic carbocycles. The average Bonchev–Trinajstić information content (AvgIpc) is 2.39. The Labute approximate surface area is 110 Å². The van der Waals surface area contributed by atoms with Gasteiger partial charge in [-0.1, -0.05) is 44.2 Å². The monoisotopic (exact) mass is 270 g/mol. The zero-order valence-electron chi connectivity index (χ0n) is 11.1. The number of benzene rings is 1. The second-order valence-corrected chi connectivity index (χ2v) is 4.88. The first kappa shape index (κ1) is 19.2. The van der Waals surface area contributed by atoms with E-state index in [0.29, 0.717) is 0 Å². The third-order valence-electron chi connectivity index (χ3n) is 1.67. The maximum atomic E-state index is 10.5. The average molecular weight is 270 g/mol. The molecule has 0 saturated heterocycles. The van der Waals surface area contributed by atoms with Gasteiger partial charge < -0.3 is 9.79 Å². The number of hydrogen-bond acceptors (Lipinski definition) is 1. The van der Waals surface area contributed by atoms with E-state index in [0.717, 1.165) is 12.8 Å². The van der Waals surface area contributed by atoms with Gasteiger partial charge in [-0.3, -0.25) is 4.57 Å². The molecule has 2 N–H and O–H groups in total. The highest BCUT2D eigenvalue weighted by molar-refractivity contribution is 7.60. The van der Waals surface area contributed by atoms with Crippen LogP contribution in [0, 0.1) is 0 Å². The standard InChI is InChI=1S/C6H7O3P.2C4H8/c7-10(8,9)6-4-2-1-3-5-6;2*1-3-4-2/h1-5H,(H2,7,8,9);2*3H,1,4H2,2H3. The molecule has 0 aliphatic heterocycles. The highest BCUT2D eigenvalue weighted by atomic mass is 31.2. The first-order valence-corrected chi connectivity index (χ1v) is 7.38. The summed E-state index contributed by atoms with van der Waals surface area (Å²) in [6.45, 7) is 11.1. The van der Waals surface area contributed by atoms with E-state index in [2.05, 4.69) is 27.0 Å². The molecule has 0 aliphatic rings. The summed E-state index contributed by atoms with van der Waals surface area (Å²) in [7, 11) is -4.02. The fourth-order valence-corrected chi connectivity index (χ4v) is 1.18. The van der Waals surface area contributed by atoms with Crippen LogP contribution in [0.1, 0.15) is 26.7 Å². The van der Waals surface area contributed by atoms with Gasteiger partial charge in [-0.15, -0.1) is 13.2 Å². The summed E-state index contributed by atoms with van der Waals surface area (Å²) in [6.07, 6.45) is 5.92. The molecule has 3 nitrogen and oxygen atoms in total. The summed E-state index contributed by atoms with van der Waals surface area (Å²) in [5.74, 6) is 0. The Kier molecular flexibility index (Phi) is 13.1. The zero-order chi connectivity index (χ0) is 14.4. The molecule has 18 heavy (non-hydrogen) atoms. The fourth-order valence-electron chi connectivity index (χ4n) is 0.622. The van der Waals surface area contributed by atoms with E-state index in [-0.39, 0.29) is 5.30 Å². The topological polar surface area (TPSA) is 57.5 Å². The maximum Gasteiger partial charge on any atom is 0.356 e. The van der Waals surface area contributed by atoms with Crippen LogP contribution in [0.3, 0.4) is 0 Å². The Hall–Kier alpha value is -1.15. The smallest absolute Gasteiger partial charge is 0.321 e. The second kappa shape index (κ2) is 12.3. The van der Waals surface area contributed by atoms with Crippen LogP contribution in [0.2, 0.25) is 0 Å². The van der Waals surface area contributed by atoms with Crippen LogP contribution in [0.4, 0.5) is 0 Å². The Morgan fingerprint density at radius 2 is 1.39 bits per heavy atom. The molecule has 0 amide bonds. The van der Waals surface area contributed by atoms with Gasteiger partial charge in [0.15, 0.2) is 0 Å². The molecular weight excluding hydrogens is 247 g/mol. The van der Waals surface area contributed by atoms with E-state index in [1.165, 1.54) is 12.1 Å². The van der Waals surface area contributed by atoms with E-state index in [9.17, 15) is 4.57 Å². The van der Waals surface area contributed by atoms with Gasteiger partial charge in [0.1, 0.15) is 0 Å². The molecule has 0 fully saturated rings. The van der Waals surface area contributed by atoms with Gasteiger partial charge >= 0.3 is 7.60 Å². The molecule has 0 aliphatic carbocycles. The van der Waals surface area contributed by atoms with Gasteiger partial charge in [0.05, 0.1) is 5.30 Å². The molecule has 0 atom stereocenters. The van der Waals surface area contributed by atoms with E-state index in [4.69, 9.17) is 9.79 Å². The zero-order valence-corrected chi connectivity index (χ0v) is 12.0. The molecule has 0 aromatic heterocycles. The Bertz CT molecular complexity index is 347. The predicted molar refractivity (Wildman–Crippen MR) is 79.1 cm³/mol. The number of rotatable bonds is 3. The predicted octanol–water partition coefficient (Wildman–Crippen LogP) is 3.65. The lowest BCUT2D eigenvalue weighted by Gasteiger charge is -2.00. The molecule has 0 radical (unpaired) electrons. The minimum absolute atomic E-state index is 0.0648.